The van der Waals surface area contributed by atoms with Gasteiger partial charge in [0.05, 0.1) is 22.4 Å². The molecule has 0 saturated carbocycles. The fourth-order valence-corrected chi connectivity index (χ4v) is 7.90. The zero-order valence-electron chi connectivity index (χ0n) is 29.5. The summed E-state index contributed by atoms with van der Waals surface area (Å²) in [6.07, 6.45) is 0. The highest BCUT2D eigenvalue weighted by atomic mass is 16.5. The van der Waals surface area contributed by atoms with Crippen LogP contribution in [0.1, 0.15) is 0 Å². The van der Waals surface area contributed by atoms with Crippen LogP contribution in [-0.2, 0) is 0 Å². The van der Waals surface area contributed by atoms with Gasteiger partial charge in [0.1, 0.15) is 0 Å². The van der Waals surface area contributed by atoms with Gasteiger partial charge < -0.3 is 14.2 Å². The normalized spacial score (nSPS) is 11.8. The summed E-state index contributed by atoms with van der Waals surface area (Å²) < 4.78 is 9.38. The van der Waals surface area contributed by atoms with Crippen molar-refractivity contribution in [1.82, 2.24) is 19.5 Å². The molecule has 3 heterocycles. The molecule has 0 aliphatic carbocycles. The van der Waals surface area contributed by atoms with Crippen LogP contribution in [0.5, 0.6) is 11.5 Å². The highest BCUT2D eigenvalue weighted by Gasteiger charge is 2.28. The van der Waals surface area contributed by atoms with Crippen LogP contribution < -0.4 is 9.64 Å². The third kappa shape index (κ3) is 5.15. The molecule has 2 aromatic heterocycles. The maximum Gasteiger partial charge on any atom is 0.164 e. The van der Waals surface area contributed by atoms with Gasteiger partial charge in [-0.3, -0.25) is 0 Å². The lowest BCUT2D eigenvalue weighted by Crippen LogP contribution is -2.11. The fourth-order valence-electron chi connectivity index (χ4n) is 7.90. The Morgan fingerprint density at radius 2 is 0.982 bits per heavy atom. The summed E-state index contributed by atoms with van der Waals surface area (Å²) in [5, 5.41) is 4.71. The Morgan fingerprint density at radius 3 is 1.62 bits per heavy atom. The highest BCUT2D eigenvalue weighted by molar-refractivity contribution is 6.23. The Labute approximate surface area is 317 Å². The number of para-hydroxylation sites is 2. The van der Waals surface area contributed by atoms with E-state index >= 15 is 0 Å². The standard InChI is InChI=1S/C49H31N5O/c1-5-16-33(17-6-1)47-50-48(34-18-7-2-8-19-34)52-49(51-47)35-26-27-41-43(29-35)55-44-31-38(53(36-20-9-3-10-21-36)37-22-11-4-12-23-37)30-40-45-39-24-14-13-15-32(39)25-28-42(45)54(41)46(40)44/h1-31H. The molecular weight excluding hydrogens is 675 g/mol. The monoisotopic (exact) mass is 705 g/mol. The summed E-state index contributed by atoms with van der Waals surface area (Å²) in [5.41, 5.74) is 8.93. The molecule has 0 radical (unpaired) electrons. The minimum atomic E-state index is 0.575. The predicted octanol–water partition coefficient (Wildman–Crippen LogP) is 12.7. The van der Waals surface area contributed by atoms with Crippen molar-refractivity contribution < 1.29 is 4.74 Å². The minimum absolute atomic E-state index is 0.575. The van der Waals surface area contributed by atoms with Gasteiger partial charge >= 0.3 is 0 Å². The van der Waals surface area contributed by atoms with Crippen molar-refractivity contribution >= 4 is 49.6 Å². The Hall–Kier alpha value is -7.57. The maximum absolute atomic E-state index is 7.03. The van der Waals surface area contributed by atoms with Crippen LogP contribution in [0.2, 0.25) is 0 Å². The minimum Gasteiger partial charge on any atom is -0.453 e. The number of nitrogens with zero attached hydrogens (tertiary/aromatic N) is 5. The second kappa shape index (κ2) is 12.5. The van der Waals surface area contributed by atoms with Crippen molar-refractivity contribution in [3.63, 3.8) is 0 Å². The number of benzene rings is 8. The third-order valence-electron chi connectivity index (χ3n) is 10.4. The molecule has 11 rings (SSSR count). The van der Waals surface area contributed by atoms with Crippen LogP contribution in [0.15, 0.2) is 188 Å². The number of ether oxygens (including phenoxy) is 1. The first-order valence-electron chi connectivity index (χ1n) is 18.4. The molecule has 6 heteroatoms. The van der Waals surface area contributed by atoms with Crippen molar-refractivity contribution in [2.45, 2.75) is 0 Å². The Balaban J connectivity index is 1.15. The smallest absolute Gasteiger partial charge is 0.164 e. The van der Waals surface area contributed by atoms with Crippen LogP contribution in [0.4, 0.5) is 17.1 Å². The number of fused-ring (bicyclic) bond motifs is 7. The van der Waals surface area contributed by atoms with E-state index in [0.29, 0.717) is 17.5 Å². The lowest BCUT2D eigenvalue weighted by molar-refractivity contribution is 0.476. The average Bonchev–Trinajstić information content (AvgIpc) is 3.60. The van der Waals surface area contributed by atoms with E-state index in [1.165, 1.54) is 16.2 Å². The summed E-state index contributed by atoms with van der Waals surface area (Å²) in [6.45, 7) is 0. The summed E-state index contributed by atoms with van der Waals surface area (Å²) in [4.78, 5) is 17.2. The molecule has 1 aliphatic rings. The molecule has 1 aliphatic heterocycles. The molecule has 0 fully saturated rings. The first kappa shape index (κ1) is 31.0. The van der Waals surface area contributed by atoms with Gasteiger partial charge in [-0.25, -0.2) is 15.0 Å². The maximum atomic E-state index is 7.03. The van der Waals surface area contributed by atoms with Gasteiger partial charge in [-0.05, 0) is 65.4 Å². The second-order valence-electron chi connectivity index (χ2n) is 13.7. The Bertz CT molecular complexity index is 2960. The number of anilines is 3. The van der Waals surface area contributed by atoms with E-state index in [9.17, 15) is 0 Å². The molecule has 8 aromatic carbocycles. The van der Waals surface area contributed by atoms with E-state index in [4.69, 9.17) is 19.7 Å². The van der Waals surface area contributed by atoms with Gasteiger partial charge in [0.2, 0.25) is 0 Å². The van der Waals surface area contributed by atoms with Crippen LogP contribution >= 0.6 is 0 Å². The highest BCUT2D eigenvalue weighted by Crippen LogP contribution is 2.50. The number of aromatic nitrogens is 4. The van der Waals surface area contributed by atoms with E-state index in [0.717, 1.165) is 67.4 Å². The largest absolute Gasteiger partial charge is 0.453 e. The molecular formula is C49H31N5O. The molecule has 6 nitrogen and oxygen atoms in total. The van der Waals surface area contributed by atoms with Gasteiger partial charge in [0.25, 0.3) is 0 Å². The van der Waals surface area contributed by atoms with Gasteiger partial charge in [0, 0.05) is 44.9 Å². The van der Waals surface area contributed by atoms with Crippen molar-refractivity contribution in [3.05, 3.63) is 188 Å². The summed E-state index contributed by atoms with van der Waals surface area (Å²) in [6, 6.07) is 64.9. The molecule has 0 atom stereocenters. The van der Waals surface area contributed by atoms with E-state index in [2.05, 4.69) is 137 Å². The average molecular weight is 706 g/mol. The first-order valence-corrected chi connectivity index (χ1v) is 18.4. The molecule has 0 N–H and O–H groups in total. The van der Waals surface area contributed by atoms with E-state index in [-0.39, 0.29) is 0 Å². The van der Waals surface area contributed by atoms with Crippen LogP contribution in [0.25, 0.3) is 72.4 Å². The van der Waals surface area contributed by atoms with Crippen LogP contribution in [0, 0.1) is 0 Å². The van der Waals surface area contributed by atoms with Gasteiger partial charge in [-0.2, -0.15) is 0 Å². The van der Waals surface area contributed by atoms with Crippen LogP contribution in [0.3, 0.4) is 0 Å². The van der Waals surface area contributed by atoms with E-state index in [1.54, 1.807) is 0 Å². The summed E-state index contributed by atoms with van der Waals surface area (Å²) in [7, 11) is 0. The quantitative estimate of drug-likeness (QED) is 0.172. The zero-order valence-corrected chi connectivity index (χ0v) is 29.5. The summed E-state index contributed by atoms with van der Waals surface area (Å²) in [5.74, 6) is 3.31. The molecule has 0 saturated heterocycles. The number of rotatable bonds is 6. The molecule has 258 valence electrons. The molecule has 55 heavy (non-hydrogen) atoms. The molecule has 0 spiro atoms. The van der Waals surface area contributed by atoms with E-state index < -0.39 is 0 Å². The van der Waals surface area contributed by atoms with Gasteiger partial charge in [-0.15, -0.1) is 0 Å². The molecule has 0 unspecified atom stereocenters. The van der Waals surface area contributed by atoms with E-state index in [1.807, 2.05) is 60.7 Å². The predicted molar refractivity (Wildman–Crippen MR) is 223 cm³/mol. The number of hydrogen-bond donors (Lipinski definition) is 0. The topological polar surface area (TPSA) is 56.1 Å². The van der Waals surface area contributed by atoms with Crippen molar-refractivity contribution in [3.8, 4) is 51.3 Å². The zero-order chi connectivity index (χ0) is 36.3. The SMILES string of the molecule is c1ccc(-c2nc(-c3ccccc3)nc(-c3ccc4c(c3)Oc3cc(N(c5ccccc5)c5ccccc5)cc5c6c7ccccc7ccc6n-4c35)n2)cc1. The second-order valence-corrected chi connectivity index (χ2v) is 13.7. The third-order valence-corrected chi connectivity index (χ3v) is 10.4. The Morgan fingerprint density at radius 1 is 0.418 bits per heavy atom. The van der Waals surface area contributed by atoms with Gasteiger partial charge in [0.15, 0.2) is 29.0 Å². The molecule has 10 aromatic rings. The van der Waals surface area contributed by atoms with Crippen molar-refractivity contribution in [2.24, 2.45) is 0 Å². The lowest BCUT2D eigenvalue weighted by atomic mass is 10.0. The number of hydrogen-bond acceptors (Lipinski definition) is 5. The fraction of sp³-hybridized carbons (Fsp3) is 0. The van der Waals surface area contributed by atoms with Crippen LogP contribution in [-0.4, -0.2) is 19.5 Å². The van der Waals surface area contributed by atoms with Crippen molar-refractivity contribution in [1.29, 1.82) is 0 Å². The van der Waals surface area contributed by atoms with Gasteiger partial charge in [-0.1, -0.05) is 127 Å². The Kier molecular flexibility index (Phi) is 7.07. The van der Waals surface area contributed by atoms with Crippen molar-refractivity contribution in [2.75, 3.05) is 4.90 Å². The molecule has 0 amide bonds. The first-order chi connectivity index (χ1) is 27.3. The molecule has 0 bridgehead atoms. The lowest BCUT2D eigenvalue weighted by Gasteiger charge is -2.27. The summed E-state index contributed by atoms with van der Waals surface area (Å²) >= 11 is 0.